The summed E-state index contributed by atoms with van der Waals surface area (Å²) in [4.78, 5) is 19.3. The van der Waals surface area contributed by atoms with Gasteiger partial charge in [-0.3, -0.25) is 9.78 Å². The van der Waals surface area contributed by atoms with E-state index in [1.54, 1.807) is 13.2 Å². The van der Waals surface area contributed by atoms with Crippen LogP contribution in [-0.2, 0) is 0 Å². The highest BCUT2D eigenvalue weighted by Gasteiger charge is 2.25. The van der Waals surface area contributed by atoms with Gasteiger partial charge in [0.25, 0.3) is 5.91 Å². The van der Waals surface area contributed by atoms with Gasteiger partial charge in [0.15, 0.2) is 0 Å². The molecule has 0 bridgehead atoms. The number of aryl methyl sites for hydroxylation is 2. The molecule has 6 heteroatoms. The fourth-order valence-corrected chi connectivity index (χ4v) is 4.04. The van der Waals surface area contributed by atoms with Crippen LogP contribution in [0.25, 0.3) is 11.3 Å². The van der Waals surface area contributed by atoms with E-state index in [4.69, 9.17) is 9.26 Å². The van der Waals surface area contributed by atoms with Gasteiger partial charge < -0.3 is 14.2 Å². The zero-order valence-electron chi connectivity index (χ0n) is 17.0. The van der Waals surface area contributed by atoms with Gasteiger partial charge in [-0.2, -0.15) is 0 Å². The number of carbonyl (C=O) groups excluding carboxylic acids is 1. The third-order valence-corrected chi connectivity index (χ3v) is 5.64. The topological polar surface area (TPSA) is 68.5 Å². The molecule has 0 N–H and O–H groups in total. The molecule has 3 heterocycles. The van der Waals surface area contributed by atoms with Gasteiger partial charge in [0.05, 0.1) is 24.1 Å². The van der Waals surface area contributed by atoms with E-state index in [0.29, 0.717) is 17.2 Å². The van der Waals surface area contributed by atoms with Gasteiger partial charge in [0.2, 0.25) is 0 Å². The summed E-state index contributed by atoms with van der Waals surface area (Å²) in [5.41, 5.74) is 4.65. The summed E-state index contributed by atoms with van der Waals surface area (Å²) in [5.74, 6) is 1.96. The van der Waals surface area contributed by atoms with Gasteiger partial charge in [-0.05, 0) is 68.5 Å². The Morgan fingerprint density at radius 1 is 1.17 bits per heavy atom. The first-order valence-electron chi connectivity index (χ1n) is 9.89. The van der Waals surface area contributed by atoms with Crippen molar-refractivity contribution in [2.45, 2.75) is 32.6 Å². The fourth-order valence-electron chi connectivity index (χ4n) is 4.04. The molecule has 1 aliphatic heterocycles. The van der Waals surface area contributed by atoms with Crippen LogP contribution >= 0.6 is 0 Å². The van der Waals surface area contributed by atoms with Crippen molar-refractivity contribution in [3.8, 4) is 17.0 Å². The van der Waals surface area contributed by atoms with Crippen molar-refractivity contribution in [1.82, 2.24) is 15.0 Å². The molecular formula is C23H25N3O3. The number of rotatable bonds is 4. The van der Waals surface area contributed by atoms with Crippen LogP contribution in [0.1, 0.15) is 46.1 Å². The molecule has 0 aliphatic carbocycles. The van der Waals surface area contributed by atoms with Crippen LogP contribution in [0.3, 0.4) is 0 Å². The van der Waals surface area contributed by atoms with Crippen molar-refractivity contribution in [3.05, 3.63) is 65.2 Å². The Hall–Kier alpha value is -3.15. The molecule has 1 amide bonds. The Labute approximate surface area is 170 Å². The van der Waals surface area contributed by atoms with Gasteiger partial charge >= 0.3 is 0 Å². The average Bonchev–Trinajstić information content (AvgIpc) is 3.11. The molecule has 0 atom stereocenters. The molecule has 150 valence electrons. The molecule has 1 aromatic carbocycles. The van der Waals surface area contributed by atoms with E-state index < -0.39 is 0 Å². The molecule has 1 aliphatic rings. The lowest BCUT2D eigenvalue weighted by Crippen LogP contribution is -2.37. The van der Waals surface area contributed by atoms with Crippen LogP contribution in [0.4, 0.5) is 0 Å². The van der Waals surface area contributed by atoms with Crippen LogP contribution in [-0.4, -0.2) is 41.1 Å². The maximum Gasteiger partial charge on any atom is 0.253 e. The lowest BCUT2D eigenvalue weighted by molar-refractivity contribution is 0.0712. The highest BCUT2D eigenvalue weighted by molar-refractivity contribution is 5.94. The minimum atomic E-state index is 0.0634. The molecule has 0 radical (unpaired) electrons. The number of amides is 1. The first-order chi connectivity index (χ1) is 14.1. The zero-order chi connectivity index (χ0) is 20.4. The normalized spacial score (nSPS) is 14.8. The number of piperidine rings is 1. The fraction of sp³-hybridized carbons (Fsp3) is 0.348. The first kappa shape index (κ1) is 19.2. The second-order valence-corrected chi connectivity index (χ2v) is 7.47. The Morgan fingerprint density at radius 3 is 2.66 bits per heavy atom. The van der Waals surface area contributed by atoms with Gasteiger partial charge in [-0.15, -0.1) is 0 Å². The Morgan fingerprint density at radius 2 is 1.97 bits per heavy atom. The SMILES string of the molecule is COc1cccc(C(=O)N2CCC(c3ccnc(-c4c(C)noc4C)c3)CC2)c1. The number of hydrogen-bond donors (Lipinski definition) is 0. The van der Waals surface area contributed by atoms with Crippen LogP contribution in [0.2, 0.25) is 0 Å². The van der Waals surface area contributed by atoms with E-state index in [-0.39, 0.29) is 5.91 Å². The summed E-state index contributed by atoms with van der Waals surface area (Å²) in [6.07, 6.45) is 3.71. The molecule has 0 spiro atoms. The van der Waals surface area contributed by atoms with E-state index in [9.17, 15) is 4.79 Å². The summed E-state index contributed by atoms with van der Waals surface area (Å²) in [6, 6.07) is 11.6. The number of ether oxygens (including phenoxy) is 1. The van der Waals surface area contributed by atoms with E-state index in [0.717, 1.165) is 48.6 Å². The van der Waals surface area contributed by atoms with Crippen LogP contribution in [0, 0.1) is 13.8 Å². The number of hydrogen-bond acceptors (Lipinski definition) is 5. The first-order valence-corrected chi connectivity index (χ1v) is 9.89. The maximum absolute atomic E-state index is 12.8. The number of benzene rings is 1. The van der Waals surface area contributed by atoms with Crippen molar-refractivity contribution in [2.75, 3.05) is 20.2 Å². The van der Waals surface area contributed by atoms with Crippen LogP contribution in [0.5, 0.6) is 5.75 Å². The van der Waals surface area contributed by atoms with Gasteiger partial charge in [-0.25, -0.2) is 0 Å². The van der Waals surface area contributed by atoms with Crippen molar-refractivity contribution in [3.63, 3.8) is 0 Å². The predicted octanol–water partition coefficient (Wildman–Crippen LogP) is 4.38. The standard InChI is InChI=1S/C23H25N3O3/c1-15-22(16(2)29-25-15)21-14-18(7-10-24-21)17-8-11-26(12-9-17)23(27)19-5-4-6-20(13-19)28-3/h4-7,10,13-14,17H,8-9,11-12H2,1-3H3. The second-order valence-electron chi connectivity index (χ2n) is 7.47. The van der Waals surface area contributed by atoms with Crippen molar-refractivity contribution in [1.29, 1.82) is 0 Å². The molecular weight excluding hydrogens is 366 g/mol. The molecule has 4 rings (SSSR count). The minimum absolute atomic E-state index is 0.0634. The monoisotopic (exact) mass is 391 g/mol. The lowest BCUT2D eigenvalue weighted by Gasteiger charge is -2.32. The minimum Gasteiger partial charge on any atom is -0.497 e. The quantitative estimate of drug-likeness (QED) is 0.660. The Bertz CT molecular complexity index is 1000. The van der Waals surface area contributed by atoms with Gasteiger partial charge in [-0.1, -0.05) is 11.2 Å². The summed E-state index contributed by atoms with van der Waals surface area (Å²) < 4.78 is 10.5. The summed E-state index contributed by atoms with van der Waals surface area (Å²) in [5, 5.41) is 4.04. The van der Waals surface area contributed by atoms with Gasteiger partial charge in [0.1, 0.15) is 11.5 Å². The van der Waals surface area contributed by atoms with Crippen molar-refractivity contribution in [2.24, 2.45) is 0 Å². The largest absolute Gasteiger partial charge is 0.497 e. The number of pyridine rings is 1. The molecule has 3 aromatic rings. The molecule has 2 aromatic heterocycles. The molecule has 0 saturated carbocycles. The van der Waals surface area contributed by atoms with Crippen LogP contribution < -0.4 is 4.74 Å². The highest BCUT2D eigenvalue weighted by Crippen LogP contribution is 2.32. The number of carbonyl (C=O) groups is 1. The molecule has 6 nitrogen and oxygen atoms in total. The molecule has 1 saturated heterocycles. The molecule has 0 unspecified atom stereocenters. The highest BCUT2D eigenvalue weighted by atomic mass is 16.5. The van der Waals surface area contributed by atoms with E-state index in [1.165, 1.54) is 5.56 Å². The second kappa shape index (κ2) is 8.07. The Balaban J connectivity index is 1.46. The third kappa shape index (κ3) is 3.88. The average molecular weight is 391 g/mol. The Kier molecular flexibility index (Phi) is 5.34. The maximum atomic E-state index is 12.8. The van der Waals surface area contributed by atoms with Gasteiger partial charge in [0, 0.05) is 24.8 Å². The van der Waals surface area contributed by atoms with E-state index >= 15 is 0 Å². The van der Waals surface area contributed by atoms with Crippen molar-refractivity contribution >= 4 is 5.91 Å². The zero-order valence-corrected chi connectivity index (χ0v) is 17.0. The summed E-state index contributed by atoms with van der Waals surface area (Å²) in [6.45, 7) is 5.32. The molecule has 29 heavy (non-hydrogen) atoms. The van der Waals surface area contributed by atoms with E-state index in [2.05, 4.69) is 22.3 Å². The number of likely N-dealkylation sites (tertiary alicyclic amines) is 1. The smallest absolute Gasteiger partial charge is 0.253 e. The predicted molar refractivity (Wildman–Crippen MR) is 110 cm³/mol. The van der Waals surface area contributed by atoms with E-state index in [1.807, 2.05) is 43.1 Å². The summed E-state index contributed by atoms with van der Waals surface area (Å²) in [7, 11) is 1.61. The van der Waals surface area contributed by atoms with Crippen LogP contribution in [0.15, 0.2) is 47.1 Å². The number of nitrogens with zero attached hydrogens (tertiary/aromatic N) is 3. The number of methoxy groups -OCH3 is 1. The third-order valence-electron chi connectivity index (χ3n) is 5.64. The summed E-state index contributed by atoms with van der Waals surface area (Å²) >= 11 is 0. The van der Waals surface area contributed by atoms with Crippen molar-refractivity contribution < 1.29 is 14.1 Å². The number of aromatic nitrogens is 2. The molecule has 1 fully saturated rings. The lowest BCUT2D eigenvalue weighted by atomic mass is 9.89.